The summed E-state index contributed by atoms with van der Waals surface area (Å²) in [7, 11) is 1.67. The van der Waals surface area contributed by atoms with Gasteiger partial charge in [-0.1, -0.05) is 0 Å². The molecule has 0 unspecified atom stereocenters. The molecule has 0 aromatic carbocycles. The lowest BCUT2D eigenvalue weighted by molar-refractivity contribution is 0.0789. The van der Waals surface area contributed by atoms with E-state index in [4.69, 9.17) is 5.73 Å². The number of carbonyl (C=O) groups excluding carboxylic acids is 1. The van der Waals surface area contributed by atoms with Crippen LogP contribution < -0.4 is 11.4 Å². The van der Waals surface area contributed by atoms with E-state index in [2.05, 4.69) is 9.97 Å². The fraction of sp³-hybridized carbons (Fsp3) is 0.500. The highest BCUT2D eigenvalue weighted by Gasteiger charge is 2.12. The van der Waals surface area contributed by atoms with E-state index in [1.807, 2.05) is 0 Å². The van der Waals surface area contributed by atoms with Gasteiger partial charge < -0.3 is 20.6 Å². The molecular weight excluding hydrogens is 184 g/mol. The van der Waals surface area contributed by atoms with Gasteiger partial charge in [0.05, 0.1) is 0 Å². The second-order valence-corrected chi connectivity index (χ2v) is 3.03. The van der Waals surface area contributed by atoms with Crippen molar-refractivity contribution in [2.45, 2.75) is 6.42 Å². The van der Waals surface area contributed by atoms with Crippen LogP contribution in [-0.2, 0) is 0 Å². The molecular formula is C8H14N4O2. The van der Waals surface area contributed by atoms with Crippen LogP contribution in [-0.4, -0.2) is 40.9 Å². The Labute approximate surface area is 81.1 Å². The molecule has 78 valence electrons. The summed E-state index contributed by atoms with van der Waals surface area (Å²) in [6.45, 7) is 1.13. The molecule has 4 N–H and O–H groups in total. The molecule has 0 radical (unpaired) electrons. The van der Waals surface area contributed by atoms with Crippen LogP contribution in [0.15, 0.2) is 11.0 Å². The number of nitrogens with zero attached hydrogens (tertiary/aromatic N) is 1. The van der Waals surface area contributed by atoms with Crippen LogP contribution in [0.1, 0.15) is 16.9 Å². The van der Waals surface area contributed by atoms with Gasteiger partial charge in [0, 0.05) is 19.8 Å². The second-order valence-electron chi connectivity index (χ2n) is 3.03. The molecule has 1 amide bonds. The van der Waals surface area contributed by atoms with E-state index >= 15 is 0 Å². The van der Waals surface area contributed by atoms with Gasteiger partial charge in [0.1, 0.15) is 5.69 Å². The predicted octanol–water partition coefficient (Wildman–Crippen LogP) is -0.876. The SMILES string of the molecule is CN(CCCN)C(=O)c1c[nH]c(=O)[nH]1. The molecule has 14 heavy (non-hydrogen) atoms. The molecule has 1 aromatic heterocycles. The minimum Gasteiger partial charge on any atom is -0.340 e. The Bertz CT molecular complexity index is 354. The third kappa shape index (κ3) is 2.46. The third-order valence-corrected chi connectivity index (χ3v) is 1.87. The van der Waals surface area contributed by atoms with E-state index < -0.39 is 0 Å². The van der Waals surface area contributed by atoms with Gasteiger partial charge >= 0.3 is 5.69 Å². The first-order chi connectivity index (χ1) is 6.65. The van der Waals surface area contributed by atoms with E-state index in [9.17, 15) is 9.59 Å². The maximum absolute atomic E-state index is 11.6. The number of rotatable bonds is 4. The lowest BCUT2D eigenvalue weighted by Crippen LogP contribution is -2.29. The lowest BCUT2D eigenvalue weighted by atomic mass is 10.3. The topological polar surface area (TPSA) is 95.0 Å². The number of hydrogen-bond donors (Lipinski definition) is 3. The van der Waals surface area contributed by atoms with E-state index in [0.29, 0.717) is 13.1 Å². The lowest BCUT2D eigenvalue weighted by Gasteiger charge is -2.14. The van der Waals surface area contributed by atoms with Gasteiger partial charge in [0.2, 0.25) is 0 Å². The molecule has 1 rings (SSSR count). The summed E-state index contributed by atoms with van der Waals surface area (Å²) in [5.74, 6) is -0.211. The first-order valence-electron chi connectivity index (χ1n) is 4.38. The highest BCUT2D eigenvalue weighted by molar-refractivity contribution is 5.91. The number of amides is 1. The van der Waals surface area contributed by atoms with Crippen molar-refractivity contribution in [2.75, 3.05) is 20.1 Å². The largest absolute Gasteiger partial charge is 0.340 e. The van der Waals surface area contributed by atoms with E-state index in [0.717, 1.165) is 6.42 Å². The Kier molecular flexibility index (Phi) is 3.47. The van der Waals surface area contributed by atoms with E-state index in [1.165, 1.54) is 11.1 Å². The van der Waals surface area contributed by atoms with Crippen molar-refractivity contribution >= 4 is 5.91 Å². The van der Waals surface area contributed by atoms with Crippen LogP contribution in [0.4, 0.5) is 0 Å². The number of nitrogens with one attached hydrogen (secondary N) is 2. The number of aromatic amines is 2. The summed E-state index contributed by atoms with van der Waals surface area (Å²) in [6.07, 6.45) is 2.11. The Morgan fingerprint density at radius 1 is 1.64 bits per heavy atom. The Morgan fingerprint density at radius 3 is 2.86 bits per heavy atom. The normalized spacial score (nSPS) is 10.1. The zero-order valence-electron chi connectivity index (χ0n) is 8.04. The molecule has 0 aliphatic rings. The number of imidazole rings is 1. The maximum Gasteiger partial charge on any atom is 0.323 e. The minimum atomic E-state index is -0.374. The van der Waals surface area contributed by atoms with Crippen LogP contribution in [0, 0.1) is 0 Å². The van der Waals surface area contributed by atoms with Gasteiger partial charge in [-0.25, -0.2) is 4.79 Å². The molecule has 1 heterocycles. The van der Waals surface area contributed by atoms with Crippen LogP contribution in [0.5, 0.6) is 0 Å². The summed E-state index contributed by atoms with van der Waals surface area (Å²) in [5.41, 5.74) is 5.22. The van der Waals surface area contributed by atoms with Crippen molar-refractivity contribution < 1.29 is 4.79 Å². The Balaban J connectivity index is 2.61. The molecule has 0 saturated heterocycles. The van der Waals surface area contributed by atoms with Crippen molar-refractivity contribution in [3.63, 3.8) is 0 Å². The van der Waals surface area contributed by atoms with Gasteiger partial charge in [-0.2, -0.15) is 0 Å². The average molecular weight is 198 g/mol. The molecule has 6 heteroatoms. The van der Waals surface area contributed by atoms with Gasteiger partial charge in [-0.3, -0.25) is 4.79 Å². The first-order valence-corrected chi connectivity index (χ1v) is 4.38. The molecule has 0 aliphatic carbocycles. The highest BCUT2D eigenvalue weighted by Crippen LogP contribution is 1.96. The van der Waals surface area contributed by atoms with Crippen LogP contribution in [0.25, 0.3) is 0 Å². The summed E-state index contributed by atoms with van der Waals surface area (Å²) in [6, 6.07) is 0. The van der Waals surface area contributed by atoms with Crippen LogP contribution >= 0.6 is 0 Å². The van der Waals surface area contributed by atoms with Gasteiger partial charge in [0.25, 0.3) is 5.91 Å². The van der Waals surface area contributed by atoms with Crippen molar-refractivity contribution in [2.24, 2.45) is 5.73 Å². The molecule has 0 spiro atoms. The monoisotopic (exact) mass is 198 g/mol. The fourth-order valence-corrected chi connectivity index (χ4v) is 1.08. The zero-order valence-corrected chi connectivity index (χ0v) is 8.04. The Morgan fingerprint density at radius 2 is 2.36 bits per heavy atom. The summed E-state index contributed by atoms with van der Waals surface area (Å²) >= 11 is 0. The number of nitrogens with two attached hydrogens (primary N) is 1. The van der Waals surface area contributed by atoms with E-state index in [-0.39, 0.29) is 17.3 Å². The zero-order chi connectivity index (χ0) is 10.6. The van der Waals surface area contributed by atoms with Gasteiger partial charge in [-0.05, 0) is 13.0 Å². The quantitative estimate of drug-likeness (QED) is 0.586. The number of hydrogen-bond acceptors (Lipinski definition) is 3. The molecule has 0 atom stereocenters. The van der Waals surface area contributed by atoms with Gasteiger partial charge in [-0.15, -0.1) is 0 Å². The smallest absolute Gasteiger partial charge is 0.323 e. The minimum absolute atomic E-state index is 0.211. The number of aromatic nitrogens is 2. The number of carbonyl (C=O) groups is 1. The predicted molar refractivity (Wildman–Crippen MR) is 52.0 cm³/mol. The summed E-state index contributed by atoms with van der Waals surface area (Å²) < 4.78 is 0. The standard InChI is InChI=1S/C8H14N4O2/c1-12(4-2-3-9)7(13)6-5-10-8(14)11-6/h5H,2-4,9H2,1H3,(H2,10,11,14). The average Bonchev–Trinajstić information content (AvgIpc) is 2.60. The molecule has 0 fully saturated rings. The Hall–Kier alpha value is -1.56. The highest BCUT2D eigenvalue weighted by atomic mass is 16.2. The molecule has 6 nitrogen and oxygen atoms in total. The molecule has 0 aliphatic heterocycles. The van der Waals surface area contributed by atoms with Crippen LogP contribution in [0.3, 0.4) is 0 Å². The van der Waals surface area contributed by atoms with E-state index in [1.54, 1.807) is 7.05 Å². The summed E-state index contributed by atoms with van der Waals surface area (Å²) in [5, 5.41) is 0. The molecule has 0 bridgehead atoms. The second kappa shape index (κ2) is 4.61. The van der Waals surface area contributed by atoms with Crippen molar-refractivity contribution in [3.05, 3.63) is 22.4 Å². The third-order valence-electron chi connectivity index (χ3n) is 1.87. The maximum atomic E-state index is 11.6. The van der Waals surface area contributed by atoms with Gasteiger partial charge in [0.15, 0.2) is 0 Å². The van der Waals surface area contributed by atoms with Crippen LogP contribution in [0.2, 0.25) is 0 Å². The first kappa shape index (κ1) is 10.5. The fourth-order valence-electron chi connectivity index (χ4n) is 1.08. The van der Waals surface area contributed by atoms with Crippen molar-refractivity contribution in [3.8, 4) is 0 Å². The van der Waals surface area contributed by atoms with Crippen molar-refractivity contribution in [1.29, 1.82) is 0 Å². The molecule has 0 saturated carbocycles. The number of H-pyrrole nitrogens is 2. The molecule has 1 aromatic rings. The summed E-state index contributed by atoms with van der Waals surface area (Å²) in [4.78, 5) is 28.6. The van der Waals surface area contributed by atoms with Crippen molar-refractivity contribution in [1.82, 2.24) is 14.9 Å².